The zero-order valence-corrected chi connectivity index (χ0v) is 23.0. The van der Waals surface area contributed by atoms with E-state index in [1.807, 2.05) is 37.3 Å². The molecule has 1 fully saturated rings. The van der Waals surface area contributed by atoms with Gasteiger partial charge >= 0.3 is 0 Å². The minimum Gasteiger partial charge on any atom is -0.289 e. The second-order valence-corrected chi connectivity index (χ2v) is 12.3. The number of hydrogen-bond acceptors (Lipinski definition) is 3. The second-order valence-electron chi connectivity index (χ2n) is 10.4. The van der Waals surface area contributed by atoms with Gasteiger partial charge in [0.05, 0.1) is 10.9 Å². The Labute approximate surface area is 227 Å². The van der Waals surface area contributed by atoms with E-state index in [1.165, 1.54) is 16.7 Å². The van der Waals surface area contributed by atoms with Gasteiger partial charge in [0.25, 0.3) is 0 Å². The summed E-state index contributed by atoms with van der Waals surface area (Å²) in [6.45, 7) is 5.95. The van der Waals surface area contributed by atoms with Crippen LogP contribution in [-0.2, 0) is 16.4 Å². The van der Waals surface area contributed by atoms with Crippen molar-refractivity contribution in [3.8, 4) is 0 Å². The highest BCUT2D eigenvalue weighted by molar-refractivity contribution is 7.89. The maximum atomic E-state index is 14.0. The van der Waals surface area contributed by atoms with E-state index in [4.69, 9.17) is 0 Å². The molecule has 0 amide bonds. The third-order valence-electron chi connectivity index (χ3n) is 7.68. The van der Waals surface area contributed by atoms with Crippen molar-refractivity contribution in [3.63, 3.8) is 0 Å². The van der Waals surface area contributed by atoms with Gasteiger partial charge in [-0.15, -0.1) is 0 Å². The molecule has 38 heavy (non-hydrogen) atoms. The van der Waals surface area contributed by atoms with Crippen LogP contribution in [0.5, 0.6) is 0 Å². The highest BCUT2D eigenvalue weighted by Crippen LogP contribution is 2.34. The molecule has 0 unspecified atom stereocenters. The fourth-order valence-corrected chi connectivity index (χ4v) is 7.37. The Hall–Kier alpha value is -3.25. The summed E-state index contributed by atoms with van der Waals surface area (Å²) in [6.07, 6.45) is 0.820. The molecule has 1 aliphatic rings. The number of hydrogen-bond donors (Lipinski definition) is 0. The van der Waals surface area contributed by atoms with Crippen molar-refractivity contribution in [1.82, 2.24) is 9.21 Å². The topological polar surface area (TPSA) is 40.6 Å². The minimum atomic E-state index is -3.64. The number of piperazine rings is 1. The first-order chi connectivity index (χ1) is 18.4. The molecule has 0 aliphatic carbocycles. The largest absolute Gasteiger partial charge is 0.289 e. The second kappa shape index (κ2) is 11.6. The van der Waals surface area contributed by atoms with Gasteiger partial charge in [-0.2, -0.15) is 4.31 Å². The predicted molar refractivity (Wildman–Crippen MR) is 154 cm³/mol. The maximum absolute atomic E-state index is 14.0. The summed E-state index contributed by atoms with van der Waals surface area (Å²) < 4.78 is 29.8. The number of nitrogens with zero attached hydrogens (tertiary/aromatic N) is 2. The van der Waals surface area contributed by atoms with Gasteiger partial charge in [0.1, 0.15) is 0 Å². The molecule has 0 aromatic heterocycles. The molecule has 1 saturated heterocycles. The van der Waals surface area contributed by atoms with Gasteiger partial charge in [-0.3, -0.25) is 4.90 Å². The highest BCUT2D eigenvalue weighted by atomic mass is 32.2. The molecule has 4 nitrogen and oxygen atoms in total. The number of benzene rings is 4. The zero-order valence-electron chi connectivity index (χ0n) is 22.1. The van der Waals surface area contributed by atoms with E-state index in [0.29, 0.717) is 24.5 Å². The van der Waals surface area contributed by atoms with Crippen molar-refractivity contribution in [2.24, 2.45) is 5.92 Å². The lowest BCUT2D eigenvalue weighted by Crippen LogP contribution is -2.58. The molecule has 0 radical (unpaired) electrons. The van der Waals surface area contributed by atoms with Crippen LogP contribution in [0.15, 0.2) is 120 Å². The van der Waals surface area contributed by atoms with Gasteiger partial charge in [-0.05, 0) is 48.1 Å². The van der Waals surface area contributed by atoms with Crippen LogP contribution < -0.4 is 0 Å². The molecule has 0 N–H and O–H groups in total. The molecule has 196 valence electrons. The van der Waals surface area contributed by atoms with Gasteiger partial charge in [-0.25, -0.2) is 8.42 Å². The molecule has 1 heterocycles. The van der Waals surface area contributed by atoms with Crippen molar-refractivity contribution in [2.75, 3.05) is 19.6 Å². The van der Waals surface area contributed by atoms with E-state index in [9.17, 15) is 8.42 Å². The Morgan fingerprint density at radius 1 is 0.737 bits per heavy atom. The maximum Gasteiger partial charge on any atom is 0.243 e. The van der Waals surface area contributed by atoms with Crippen molar-refractivity contribution < 1.29 is 8.42 Å². The van der Waals surface area contributed by atoms with Gasteiger partial charge in [0.2, 0.25) is 10.0 Å². The Morgan fingerprint density at radius 3 is 1.82 bits per heavy atom. The SMILES string of the molecule is Cc1ccc(S(=O)(=O)N2CCN(C(c3ccccc3)c3ccccc3)C[C@H]2[C@@H](C)Cc2ccccc2)cc1. The molecule has 5 heteroatoms. The van der Waals surface area contributed by atoms with Crippen LogP contribution in [0.1, 0.15) is 35.2 Å². The van der Waals surface area contributed by atoms with Gasteiger partial charge in [0.15, 0.2) is 0 Å². The third-order valence-corrected chi connectivity index (χ3v) is 9.62. The standard InChI is InChI=1S/C33H36N2O2S/c1-26-18-20-31(21-19-26)38(36,37)35-23-22-34(25-32(35)27(2)24-28-12-6-3-7-13-28)33(29-14-8-4-9-15-29)30-16-10-5-11-17-30/h3-21,27,32-33H,22-25H2,1-2H3/t27-,32-/m0/s1. The van der Waals surface area contributed by atoms with Crippen LogP contribution in [0.2, 0.25) is 0 Å². The van der Waals surface area contributed by atoms with Gasteiger partial charge in [-0.1, -0.05) is 116 Å². The van der Waals surface area contributed by atoms with E-state index in [-0.39, 0.29) is 18.0 Å². The molecule has 5 rings (SSSR count). The summed E-state index contributed by atoms with van der Waals surface area (Å²) in [4.78, 5) is 2.84. The quantitative estimate of drug-likeness (QED) is 0.270. The minimum absolute atomic E-state index is 0.0630. The summed E-state index contributed by atoms with van der Waals surface area (Å²) in [7, 11) is -3.64. The summed E-state index contributed by atoms with van der Waals surface area (Å²) in [5, 5.41) is 0. The van der Waals surface area contributed by atoms with Crippen molar-refractivity contribution in [1.29, 1.82) is 0 Å². The fourth-order valence-electron chi connectivity index (χ4n) is 5.66. The monoisotopic (exact) mass is 524 g/mol. The Morgan fingerprint density at radius 2 is 1.26 bits per heavy atom. The van der Waals surface area contributed by atoms with Crippen LogP contribution in [0.25, 0.3) is 0 Å². The van der Waals surface area contributed by atoms with Crippen LogP contribution in [0.3, 0.4) is 0 Å². The summed E-state index contributed by atoms with van der Waals surface area (Å²) in [5.41, 5.74) is 4.73. The molecule has 2 atom stereocenters. The summed E-state index contributed by atoms with van der Waals surface area (Å²) in [5.74, 6) is 0.132. The van der Waals surface area contributed by atoms with Gasteiger partial charge in [0, 0.05) is 25.7 Å². The lowest BCUT2D eigenvalue weighted by atomic mass is 9.90. The normalized spacial score (nSPS) is 17.9. The van der Waals surface area contributed by atoms with Crippen LogP contribution >= 0.6 is 0 Å². The predicted octanol–water partition coefficient (Wildman–Crippen LogP) is 6.34. The van der Waals surface area contributed by atoms with E-state index < -0.39 is 10.0 Å². The van der Waals surface area contributed by atoms with Crippen LogP contribution in [0, 0.1) is 12.8 Å². The van der Waals surface area contributed by atoms with Crippen molar-refractivity contribution in [3.05, 3.63) is 138 Å². The van der Waals surface area contributed by atoms with E-state index in [2.05, 4.69) is 84.6 Å². The first-order valence-corrected chi connectivity index (χ1v) is 14.8. The molecular weight excluding hydrogens is 488 g/mol. The summed E-state index contributed by atoms with van der Waals surface area (Å²) >= 11 is 0. The number of rotatable bonds is 8. The zero-order chi connectivity index (χ0) is 26.5. The molecule has 0 bridgehead atoms. The van der Waals surface area contributed by atoms with E-state index in [0.717, 1.165) is 12.0 Å². The molecule has 1 aliphatic heterocycles. The third kappa shape index (κ3) is 5.75. The smallest absolute Gasteiger partial charge is 0.243 e. The van der Waals surface area contributed by atoms with E-state index in [1.54, 1.807) is 16.4 Å². The lowest BCUT2D eigenvalue weighted by molar-refractivity contribution is 0.0828. The number of sulfonamides is 1. The average molecular weight is 525 g/mol. The van der Waals surface area contributed by atoms with Crippen LogP contribution in [-0.4, -0.2) is 43.3 Å². The van der Waals surface area contributed by atoms with Crippen LogP contribution in [0.4, 0.5) is 0 Å². The van der Waals surface area contributed by atoms with Crippen molar-refractivity contribution in [2.45, 2.75) is 37.2 Å². The highest BCUT2D eigenvalue weighted by Gasteiger charge is 2.41. The first kappa shape index (κ1) is 26.4. The Bertz CT molecular complexity index is 1370. The molecule has 0 spiro atoms. The molecule has 4 aromatic carbocycles. The molecular formula is C33H36N2O2S. The molecule has 0 saturated carbocycles. The van der Waals surface area contributed by atoms with E-state index >= 15 is 0 Å². The summed E-state index contributed by atoms with van der Waals surface area (Å²) in [6, 6.07) is 38.7. The molecule has 4 aromatic rings. The lowest BCUT2D eigenvalue weighted by Gasteiger charge is -2.46. The number of aryl methyl sites for hydroxylation is 1. The average Bonchev–Trinajstić information content (AvgIpc) is 2.95. The Balaban J connectivity index is 1.51. The first-order valence-electron chi connectivity index (χ1n) is 13.4. The van der Waals surface area contributed by atoms with Crippen molar-refractivity contribution >= 4 is 10.0 Å². The van der Waals surface area contributed by atoms with Gasteiger partial charge < -0.3 is 0 Å². The Kier molecular flexibility index (Phi) is 8.08. The fraction of sp³-hybridized carbons (Fsp3) is 0.273.